The number of ether oxygens (including phenoxy) is 5. The molecule has 51 heavy (non-hydrogen) atoms. The highest BCUT2D eigenvalue weighted by Crippen LogP contribution is 2.56. The number of carbonyl (C=O) groups is 1. The predicted molar refractivity (Wildman–Crippen MR) is 182 cm³/mol. The Hall–Kier alpha value is -4.05. The lowest BCUT2D eigenvalue weighted by Crippen LogP contribution is -2.37. The molecule has 7 rings (SSSR count). The van der Waals surface area contributed by atoms with E-state index in [1.807, 2.05) is 60.7 Å². The molecule has 5 heterocycles. The van der Waals surface area contributed by atoms with E-state index in [1.165, 1.54) is 0 Å². The van der Waals surface area contributed by atoms with Crippen LogP contribution in [-0.2, 0) is 55.3 Å². The number of carbonyl (C=O) groups excluding carboxylic acids is 1. The molecule has 0 amide bonds. The van der Waals surface area contributed by atoms with Crippen molar-refractivity contribution in [1.82, 2.24) is 29.1 Å². The Labute approximate surface area is 298 Å². The van der Waals surface area contributed by atoms with Gasteiger partial charge >= 0.3 is 13.6 Å². The van der Waals surface area contributed by atoms with E-state index in [-0.39, 0.29) is 31.7 Å². The fraction of sp³-hybridized carbons (Fsp3) is 0.382. The second kappa shape index (κ2) is 14.9. The van der Waals surface area contributed by atoms with Gasteiger partial charge in [-0.05, 0) is 43.5 Å². The molecule has 0 radical (unpaired) electrons. The largest absolute Gasteiger partial charge is 0.464 e. The van der Waals surface area contributed by atoms with E-state index in [4.69, 9.17) is 44.3 Å². The van der Waals surface area contributed by atoms with E-state index >= 15 is 0 Å². The monoisotopic (exact) mass is 738 g/mol. The molecule has 5 aromatic rings. The summed E-state index contributed by atoms with van der Waals surface area (Å²) in [4.78, 5) is 31.0. The normalized spacial score (nSPS) is 21.9. The van der Waals surface area contributed by atoms with Gasteiger partial charge in [-0.15, -0.1) is 0 Å². The minimum absolute atomic E-state index is 0.00703. The zero-order valence-electron chi connectivity index (χ0n) is 28.0. The molecule has 0 spiro atoms. The van der Waals surface area contributed by atoms with Crippen LogP contribution in [0.3, 0.4) is 0 Å². The van der Waals surface area contributed by atoms with Gasteiger partial charge in [0.05, 0.1) is 32.8 Å². The summed E-state index contributed by atoms with van der Waals surface area (Å²) in [5, 5.41) is -0.00895. The molecule has 5 atom stereocenters. The van der Waals surface area contributed by atoms with Crippen LogP contribution in [0.15, 0.2) is 85.7 Å². The van der Waals surface area contributed by atoms with Crippen molar-refractivity contribution in [2.45, 2.75) is 70.2 Å². The SMILES string of the molecule is CCOC(=O)C(OC[C@H]1O[C@@H](n2cnc3c(-n4ccnc4)nc(Cl)nc32)[C@@H]2OC(C)(C)O[C@@H]21)P(=O)(OCc1ccccc1)OCc1ccccc1. The average molecular weight is 739 g/mol. The van der Waals surface area contributed by atoms with Crippen molar-refractivity contribution in [3.8, 4) is 5.82 Å². The highest BCUT2D eigenvalue weighted by atomic mass is 35.5. The Morgan fingerprint density at radius 3 is 2.27 bits per heavy atom. The number of imidazole rings is 2. The van der Waals surface area contributed by atoms with Crippen molar-refractivity contribution in [1.29, 1.82) is 0 Å². The fourth-order valence-electron chi connectivity index (χ4n) is 5.98. The maximum atomic E-state index is 14.7. The third kappa shape index (κ3) is 7.62. The lowest BCUT2D eigenvalue weighted by molar-refractivity contribution is -0.203. The summed E-state index contributed by atoms with van der Waals surface area (Å²) in [6, 6.07) is 18.2. The van der Waals surface area contributed by atoms with E-state index in [9.17, 15) is 9.36 Å². The van der Waals surface area contributed by atoms with Gasteiger partial charge in [0.2, 0.25) is 5.28 Å². The molecule has 3 aromatic heterocycles. The maximum Gasteiger partial charge on any atom is 0.371 e. The molecule has 0 bridgehead atoms. The Kier molecular flexibility index (Phi) is 10.3. The van der Waals surface area contributed by atoms with Gasteiger partial charge in [0, 0.05) is 12.4 Å². The van der Waals surface area contributed by atoms with Crippen LogP contribution < -0.4 is 0 Å². The first-order chi connectivity index (χ1) is 24.6. The van der Waals surface area contributed by atoms with E-state index in [0.717, 1.165) is 11.1 Å². The maximum absolute atomic E-state index is 14.7. The molecule has 0 saturated carbocycles. The standard InChI is InChI=1S/C34H36ClN6O9P/c1-4-44-31(42)32(51(43,46-17-22-11-7-5-8-12-22)47-18-23-13-9-6-10-14-23)45-19-24-26-27(50-34(2,3)49-26)30(48-24)41-21-37-25-28(40-16-15-36-20-40)38-33(35)39-29(25)41/h5-16,20-21,24,26-27,30,32H,4,17-19H2,1-3H3/t24-,26-,27-,30-,32?/m1/s1. The van der Waals surface area contributed by atoms with Crippen molar-refractivity contribution in [2.24, 2.45) is 0 Å². The van der Waals surface area contributed by atoms with Crippen LogP contribution in [0.25, 0.3) is 17.0 Å². The van der Waals surface area contributed by atoms with Crippen LogP contribution in [0, 0.1) is 0 Å². The molecule has 15 nitrogen and oxygen atoms in total. The van der Waals surface area contributed by atoms with Crippen molar-refractivity contribution >= 4 is 36.3 Å². The molecule has 0 N–H and O–H groups in total. The van der Waals surface area contributed by atoms with Gasteiger partial charge in [-0.1, -0.05) is 60.7 Å². The van der Waals surface area contributed by atoms with Gasteiger partial charge in [-0.3, -0.25) is 13.7 Å². The molecular formula is C34H36ClN6O9P. The van der Waals surface area contributed by atoms with E-state index in [2.05, 4.69) is 19.9 Å². The number of halogens is 1. The molecule has 0 aliphatic carbocycles. The summed E-state index contributed by atoms with van der Waals surface area (Å²) in [7, 11) is -4.37. The quantitative estimate of drug-likeness (QED) is 0.0786. The number of benzene rings is 2. The van der Waals surface area contributed by atoms with Gasteiger partial charge in [-0.2, -0.15) is 9.97 Å². The highest BCUT2D eigenvalue weighted by Gasteiger charge is 2.57. The van der Waals surface area contributed by atoms with Crippen LogP contribution in [0.4, 0.5) is 0 Å². The molecule has 2 aliphatic rings. The second-order valence-corrected chi connectivity index (χ2v) is 14.6. The van der Waals surface area contributed by atoms with Gasteiger partial charge in [0.25, 0.3) is 5.85 Å². The van der Waals surface area contributed by atoms with Crippen molar-refractivity contribution in [3.05, 3.63) is 102 Å². The summed E-state index contributed by atoms with van der Waals surface area (Å²) in [5.41, 5.74) is 2.28. The topological polar surface area (TPSA) is 160 Å². The minimum Gasteiger partial charge on any atom is -0.464 e. The fourth-order valence-corrected chi connectivity index (χ4v) is 7.75. The van der Waals surface area contributed by atoms with E-state index < -0.39 is 49.7 Å². The number of aromatic nitrogens is 6. The molecule has 2 aliphatic heterocycles. The Morgan fingerprint density at radius 2 is 1.65 bits per heavy atom. The van der Waals surface area contributed by atoms with E-state index in [0.29, 0.717) is 17.0 Å². The van der Waals surface area contributed by atoms with Crippen LogP contribution in [0.1, 0.15) is 38.1 Å². The Balaban J connectivity index is 1.17. The Bertz CT molecular complexity index is 1950. The smallest absolute Gasteiger partial charge is 0.371 e. The number of rotatable bonds is 14. The Morgan fingerprint density at radius 1 is 0.980 bits per heavy atom. The molecule has 17 heteroatoms. The number of hydrogen-bond acceptors (Lipinski definition) is 13. The van der Waals surface area contributed by atoms with E-state index in [1.54, 1.807) is 55.0 Å². The number of hydrogen-bond donors (Lipinski definition) is 0. The number of nitrogens with zero attached hydrogens (tertiary/aromatic N) is 6. The third-order valence-electron chi connectivity index (χ3n) is 8.23. The molecule has 2 aromatic carbocycles. The zero-order chi connectivity index (χ0) is 35.6. The summed E-state index contributed by atoms with van der Waals surface area (Å²) < 4.78 is 60.5. The molecule has 2 fully saturated rings. The van der Waals surface area contributed by atoms with Crippen molar-refractivity contribution in [3.63, 3.8) is 0 Å². The molecule has 1 unspecified atom stereocenters. The summed E-state index contributed by atoms with van der Waals surface area (Å²) >= 11 is 6.37. The van der Waals surface area contributed by atoms with Gasteiger partial charge in [0.1, 0.15) is 24.6 Å². The highest BCUT2D eigenvalue weighted by molar-refractivity contribution is 7.55. The van der Waals surface area contributed by atoms with Crippen molar-refractivity contribution in [2.75, 3.05) is 13.2 Å². The lowest BCUT2D eigenvalue weighted by Gasteiger charge is -2.28. The van der Waals surface area contributed by atoms with Crippen LogP contribution in [-0.4, -0.2) is 78.2 Å². The first-order valence-electron chi connectivity index (χ1n) is 16.3. The first kappa shape index (κ1) is 35.4. The minimum atomic E-state index is -4.37. The van der Waals surface area contributed by atoms with Crippen molar-refractivity contribution < 1.29 is 42.1 Å². The molecule has 268 valence electrons. The summed E-state index contributed by atoms with van der Waals surface area (Å²) in [5.74, 6) is -3.22. The zero-order valence-corrected chi connectivity index (χ0v) is 29.6. The average Bonchev–Trinajstić information content (AvgIpc) is 3.92. The first-order valence-corrected chi connectivity index (χ1v) is 18.3. The lowest BCUT2D eigenvalue weighted by atomic mass is 10.1. The summed E-state index contributed by atoms with van der Waals surface area (Å²) in [6.07, 6.45) is 3.50. The second-order valence-electron chi connectivity index (χ2n) is 12.2. The van der Waals surface area contributed by atoms with Gasteiger partial charge in [-0.25, -0.2) is 14.8 Å². The third-order valence-corrected chi connectivity index (χ3v) is 10.3. The van der Waals surface area contributed by atoms with Crippen LogP contribution in [0.5, 0.6) is 0 Å². The van der Waals surface area contributed by atoms with Gasteiger partial charge < -0.3 is 32.7 Å². The number of esters is 1. The molecule has 2 saturated heterocycles. The predicted octanol–water partition coefficient (Wildman–Crippen LogP) is 5.62. The molecular weight excluding hydrogens is 703 g/mol. The van der Waals surface area contributed by atoms with Gasteiger partial charge in [0.15, 0.2) is 29.0 Å². The van der Waals surface area contributed by atoms with Crippen LogP contribution >= 0.6 is 19.2 Å². The van der Waals surface area contributed by atoms with Crippen LogP contribution in [0.2, 0.25) is 5.28 Å². The summed E-state index contributed by atoms with van der Waals surface area (Å²) in [6.45, 7) is 4.73. The number of fused-ring (bicyclic) bond motifs is 2.